The predicted octanol–water partition coefficient (Wildman–Crippen LogP) is 1.59. The number of aromatic hydroxyl groups is 1. The average molecular weight is 194 g/mol. The monoisotopic (exact) mass is 193 g/mol. The van der Waals surface area contributed by atoms with Crippen molar-refractivity contribution in [3.63, 3.8) is 0 Å². The summed E-state index contributed by atoms with van der Waals surface area (Å²) >= 11 is 11.0. The lowest BCUT2D eigenvalue weighted by Crippen LogP contribution is -1.90. The molecule has 0 radical (unpaired) electrons. The molecule has 60 valence electrons. The van der Waals surface area contributed by atoms with Gasteiger partial charge in [-0.3, -0.25) is 0 Å². The molecular formula is C6H5Cl2NO2. The lowest BCUT2D eigenvalue weighted by molar-refractivity contribution is 0.276. The third-order valence-corrected chi connectivity index (χ3v) is 1.74. The van der Waals surface area contributed by atoms with Crippen molar-refractivity contribution in [2.75, 3.05) is 0 Å². The molecule has 3 nitrogen and oxygen atoms in total. The summed E-state index contributed by atoms with van der Waals surface area (Å²) in [5, 5.41) is 17.8. The summed E-state index contributed by atoms with van der Waals surface area (Å²) in [5.41, 5.74) is 0.259. The zero-order valence-corrected chi connectivity index (χ0v) is 6.89. The Hall–Kier alpha value is -0.510. The predicted molar refractivity (Wildman–Crippen MR) is 41.8 cm³/mol. The first-order chi connectivity index (χ1) is 5.15. The quantitative estimate of drug-likeness (QED) is 0.667. The number of nitrogens with zero attached hydrogens (tertiary/aromatic N) is 1. The summed E-state index contributed by atoms with van der Waals surface area (Å²) in [5.74, 6) is -0.186. The summed E-state index contributed by atoms with van der Waals surface area (Å²) in [7, 11) is 0. The molecule has 0 aromatic carbocycles. The van der Waals surface area contributed by atoms with Crippen molar-refractivity contribution in [2.24, 2.45) is 0 Å². The second kappa shape index (κ2) is 3.26. The normalized spacial score (nSPS) is 10.1. The number of aromatic nitrogens is 1. The fraction of sp³-hybridized carbons (Fsp3) is 0.167. The highest BCUT2D eigenvalue weighted by Gasteiger charge is 2.06. The van der Waals surface area contributed by atoms with Crippen molar-refractivity contribution in [3.8, 4) is 5.75 Å². The molecule has 0 atom stereocenters. The first-order valence-corrected chi connectivity index (χ1v) is 3.55. The van der Waals surface area contributed by atoms with Crippen molar-refractivity contribution in [2.45, 2.75) is 6.61 Å². The Labute approximate surface area is 73.2 Å². The molecule has 11 heavy (non-hydrogen) atoms. The summed E-state index contributed by atoms with van der Waals surface area (Å²) < 4.78 is 0. The van der Waals surface area contributed by atoms with Crippen LogP contribution in [0.25, 0.3) is 0 Å². The van der Waals surface area contributed by atoms with E-state index in [1.807, 2.05) is 0 Å². The Morgan fingerprint density at radius 1 is 1.45 bits per heavy atom. The van der Waals surface area contributed by atoms with Gasteiger partial charge in [-0.1, -0.05) is 23.2 Å². The average Bonchev–Trinajstić information content (AvgIpc) is 1.97. The molecule has 1 aromatic rings. The highest BCUT2D eigenvalue weighted by Crippen LogP contribution is 2.26. The van der Waals surface area contributed by atoms with Crippen LogP contribution in [0, 0.1) is 0 Å². The fourth-order valence-corrected chi connectivity index (χ4v) is 0.965. The van der Waals surface area contributed by atoms with E-state index in [-0.39, 0.29) is 28.2 Å². The van der Waals surface area contributed by atoms with Gasteiger partial charge in [0.1, 0.15) is 0 Å². The highest BCUT2D eigenvalue weighted by molar-refractivity contribution is 6.33. The third kappa shape index (κ3) is 1.74. The summed E-state index contributed by atoms with van der Waals surface area (Å²) in [6.07, 6.45) is 0. The largest absolute Gasteiger partial charge is 0.505 e. The number of hydrogen-bond donors (Lipinski definition) is 2. The summed E-state index contributed by atoms with van der Waals surface area (Å²) in [4.78, 5) is 3.62. The maximum Gasteiger partial charge on any atom is 0.171 e. The smallest absolute Gasteiger partial charge is 0.171 e. The molecule has 0 aliphatic carbocycles. The Balaban J connectivity index is 3.21. The number of pyridine rings is 1. The SMILES string of the molecule is OCc1nc(Cl)c(O)cc1Cl. The number of hydrogen-bond acceptors (Lipinski definition) is 3. The van der Waals surface area contributed by atoms with Gasteiger partial charge in [0.2, 0.25) is 0 Å². The van der Waals surface area contributed by atoms with Crippen LogP contribution in [-0.2, 0) is 6.61 Å². The van der Waals surface area contributed by atoms with Crippen molar-refractivity contribution < 1.29 is 10.2 Å². The van der Waals surface area contributed by atoms with E-state index in [9.17, 15) is 0 Å². The minimum Gasteiger partial charge on any atom is -0.505 e. The molecule has 0 saturated carbocycles. The van der Waals surface area contributed by atoms with Crippen LogP contribution in [0.2, 0.25) is 10.2 Å². The molecular weight excluding hydrogens is 189 g/mol. The van der Waals surface area contributed by atoms with Crippen LogP contribution in [0.15, 0.2) is 6.07 Å². The van der Waals surface area contributed by atoms with Crippen LogP contribution in [0.5, 0.6) is 5.75 Å². The molecule has 1 heterocycles. The Morgan fingerprint density at radius 3 is 2.64 bits per heavy atom. The number of aliphatic hydroxyl groups excluding tert-OH is 1. The summed E-state index contributed by atoms with van der Waals surface area (Å²) in [6, 6.07) is 1.24. The van der Waals surface area contributed by atoms with Gasteiger partial charge >= 0.3 is 0 Å². The Bertz CT molecular complexity index is 278. The van der Waals surface area contributed by atoms with Crippen LogP contribution < -0.4 is 0 Å². The molecule has 0 saturated heterocycles. The number of rotatable bonds is 1. The molecule has 1 aromatic heterocycles. The van der Waals surface area contributed by atoms with Crippen molar-refractivity contribution in [1.82, 2.24) is 4.98 Å². The molecule has 0 aliphatic rings. The topological polar surface area (TPSA) is 53.4 Å². The standard InChI is InChI=1S/C6H5Cl2NO2/c7-3-1-5(11)6(8)9-4(3)2-10/h1,10-11H,2H2. The molecule has 0 spiro atoms. The van der Waals surface area contributed by atoms with E-state index in [4.69, 9.17) is 33.4 Å². The van der Waals surface area contributed by atoms with E-state index in [1.54, 1.807) is 0 Å². The zero-order valence-electron chi connectivity index (χ0n) is 5.38. The third-order valence-electron chi connectivity index (χ3n) is 1.13. The van der Waals surface area contributed by atoms with Gasteiger partial charge in [-0.05, 0) is 0 Å². The first-order valence-electron chi connectivity index (χ1n) is 2.80. The lowest BCUT2D eigenvalue weighted by Gasteiger charge is -2.00. The van der Waals surface area contributed by atoms with Gasteiger partial charge in [0, 0.05) is 6.07 Å². The van der Waals surface area contributed by atoms with Crippen LogP contribution in [-0.4, -0.2) is 15.2 Å². The Kier molecular flexibility index (Phi) is 2.54. The second-order valence-electron chi connectivity index (χ2n) is 1.88. The number of halogens is 2. The van der Waals surface area contributed by atoms with Gasteiger partial charge in [0.05, 0.1) is 17.3 Å². The molecule has 2 N–H and O–H groups in total. The van der Waals surface area contributed by atoms with Gasteiger partial charge in [0.15, 0.2) is 10.9 Å². The zero-order chi connectivity index (χ0) is 8.43. The van der Waals surface area contributed by atoms with Gasteiger partial charge in [-0.15, -0.1) is 0 Å². The maximum atomic E-state index is 8.96. The number of aliphatic hydroxyl groups is 1. The van der Waals surface area contributed by atoms with Crippen LogP contribution in [0.3, 0.4) is 0 Å². The molecule has 1 rings (SSSR count). The minimum atomic E-state index is -0.293. The van der Waals surface area contributed by atoms with Gasteiger partial charge in [-0.2, -0.15) is 0 Å². The van der Waals surface area contributed by atoms with E-state index in [2.05, 4.69) is 4.98 Å². The highest BCUT2D eigenvalue weighted by atomic mass is 35.5. The van der Waals surface area contributed by atoms with Gasteiger partial charge < -0.3 is 10.2 Å². The van der Waals surface area contributed by atoms with E-state index >= 15 is 0 Å². The molecule has 0 unspecified atom stereocenters. The minimum absolute atomic E-state index is 0.0570. The molecule has 0 fully saturated rings. The van der Waals surface area contributed by atoms with Crippen LogP contribution >= 0.6 is 23.2 Å². The maximum absolute atomic E-state index is 8.96. The first kappa shape index (κ1) is 8.59. The summed E-state index contributed by atoms with van der Waals surface area (Å²) in [6.45, 7) is -0.293. The van der Waals surface area contributed by atoms with Gasteiger partial charge in [-0.25, -0.2) is 4.98 Å². The van der Waals surface area contributed by atoms with Crippen molar-refractivity contribution in [3.05, 3.63) is 21.9 Å². The van der Waals surface area contributed by atoms with Crippen molar-refractivity contribution >= 4 is 23.2 Å². The van der Waals surface area contributed by atoms with E-state index < -0.39 is 0 Å². The Morgan fingerprint density at radius 2 is 2.09 bits per heavy atom. The second-order valence-corrected chi connectivity index (χ2v) is 2.65. The molecule has 0 amide bonds. The molecule has 0 bridgehead atoms. The molecule has 5 heteroatoms. The van der Waals surface area contributed by atoms with E-state index in [1.165, 1.54) is 6.07 Å². The van der Waals surface area contributed by atoms with Crippen LogP contribution in [0.1, 0.15) is 5.69 Å². The lowest BCUT2D eigenvalue weighted by atomic mass is 10.3. The fourth-order valence-electron chi connectivity index (χ4n) is 0.603. The van der Waals surface area contributed by atoms with Gasteiger partial charge in [0.25, 0.3) is 0 Å². The van der Waals surface area contributed by atoms with E-state index in [0.717, 1.165) is 0 Å². The molecule has 0 aliphatic heterocycles. The van der Waals surface area contributed by atoms with E-state index in [0.29, 0.717) is 0 Å². The van der Waals surface area contributed by atoms with Crippen molar-refractivity contribution in [1.29, 1.82) is 0 Å². The van der Waals surface area contributed by atoms with Crippen LogP contribution in [0.4, 0.5) is 0 Å².